The van der Waals surface area contributed by atoms with E-state index in [1.54, 1.807) is 23.5 Å². The highest BCUT2D eigenvalue weighted by molar-refractivity contribution is 7.09. The van der Waals surface area contributed by atoms with Crippen LogP contribution < -0.4 is 16.3 Å². The number of hydrogen-bond donors (Lipinski definition) is 2. The summed E-state index contributed by atoms with van der Waals surface area (Å²) in [6.07, 6.45) is 0. The summed E-state index contributed by atoms with van der Waals surface area (Å²) in [5.74, 6) is 0.175. The number of nitrogens with zero attached hydrogens (tertiary/aromatic N) is 2. The van der Waals surface area contributed by atoms with E-state index in [2.05, 4.69) is 15.6 Å². The second kappa shape index (κ2) is 8.69. The molecule has 8 heteroatoms. The highest BCUT2D eigenvalue weighted by atomic mass is 35.5. The van der Waals surface area contributed by atoms with Crippen LogP contribution in [-0.4, -0.2) is 15.5 Å². The van der Waals surface area contributed by atoms with Gasteiger partial charge in [0.1, 0.15) is 12.4 Å². The van der Waals surface area contributed by atoms with Gasteiger partial charge in [0.05, 0.1) is 12.1 Å². The minimum Gasteiger partial charge on any atom is -0.364 e. The fraction of sp³-hybridized carbons (Fsp3) is 0.136. The topological polar surface area (TPSA) is 76.0 Å². The number of carbonyl (C=O) groups is 1. The standard InChI is InChI=1S/C22H19ClN4O2S/c1-14-8-9-15(11-18(14)23)25-20(28)13-27-19-7-3-2-6-17(19)21(26-22(27)29)24-12-16-5-4-10-30-16/h2-11H,12-13H2,1H3,(H,25,28)(H,24,26,29). The van der Waals surface area contributed by atoms with Crippen LogP contribution in [0.1, 0.15) is 10.4 Å². The molecule has 2 N–H and O–H groups in total. The molecule has 2 heterocycles. The summed E-state index contributed by atoms with van der Waals surface area (Å²) in [6.45, 7) is 2.31. The van der Waals surface area contributed by atoms with Gasteiger partial charge in [-0.1, -0.05) is 35.9 Å². The van der Waals surface area contributed by atoms with Crippen molar-refractivity contribution in [2.75, 3.05) is 10.6 Å². The molecule has 0 aliphatic carbocycles. The predicted octanol–water partition coefficient (Wildman–Crippen LogP) is 4.67. The van der Waals surface area contributed by atoms with E-state index in [0.717, 1.165) is 15.8 Å². The third-order valence-electron chi connectivity index (χ3n) is 4.66. The number of aromatic nitrogens is 2. The second-order valence-electron chi connectivity index (χ2n) is 6.79. The first-order chi connectivity index (χ1) is 14.5. The number of aryl methyl sites for hydroxylation is 1. The molecule has 30 heavy (non-hydrogen) atoms. The first kappa shape index (κ1) is 20.1. The molecule has 152 valence electrons. The molecule has 4 rings (SSSR count). The molecule has 0 saturated heterocycles. The average molecular weight is 439 g/mol. The summed E-state index contributed by atoms with van der Waals surface area (Å²) in [4.78, 5) is 30.6. The minimum absolute atomic E-state index is 0.150. The van der Waals surface area contributed by atoms with E-state index in [1.165, 1.54) is 4.57 Å². The Morgan fingerprint density at radius 2 is 2.00 bits per heavy atom. The smallest absolute Gasteiger partial charge is 0.350 e. The van der Waals surface area contributed by atoms with Crippen LogP contribution in [0.5, 0.6) is 0 Å². The Morgan fingerprint density at radius 3 is 2.77 bits per heavy atom. The number of benzene rings is 2. The average Bonchev–Trinajstić information content (AvgIpc) is 3.25. The molecular formula is C22H19ClN4O2S. The van der Waals surface area contributed by atoms with Crippen LogP contribution in [0.2, 0.25) is 5.02 Å². The summed E-state index contributed by atoms with van der Waals surface area (Å²) < 4.78 is 1.37. The lowest BCUT2D eigenvalue weighted by molar-refractivity contribution is -0.116. The normalized spacial score (nSPS) is 10.9. The van der Waals surface area contributed by atoms with Crippen molar-refractivity contribution in [2.45, 2.75) is 20.0 Å². The Kier molecular flexibility index (Phi) is 5.83. The van der Waals surface area contributed by atoms with Gasteiger partial charge in [0, 0.05) is 21.0 Å². The van der Waals surface area contributed by atoms with E-state index in [4.69, 9.17) is 11.6 Å². The van der Waals surface area contributed by atoms with Crippen molar-refractivity contribution >= 4 is 51.3 Å². The molecule has 0 saturated carbocycles. The van der Waals surface area contributed by atoms with Crippen molar-refractivity contribution in [3.8, 4) is 0 Å². The lowest BCUT2D eigenvalue weighted by atomic mass is 10.2. The molecule has 0 unspecified atom stereocenters. The van der Waals surface area contributed by atoms with Gasteiger partial charge in [0.2, 0.25) is 5.91 Å². The van der Waals surface area contributed by atoms with Gasteiger partial charge in [-0.2, -0.15) is 4.98 Å². The highest BCUT2D eigenvalue weighted by Gasteiger charge is 2.13. The van der Waals surface area contributed by atoms with Crippen LogP contribution in [0.15, 0.2) is 64.8 Å². The van der Waals surface area contributed by atoms with Crippen molar-refractivity contribution in [1.82, 2.24) is 9.55 Å². The maximum Gasteiger partial charge on any atom is 0.350 e. The van der Waals surface area contributed by atoms with E-state index in [1.807, 2.05) is 54.8 Å². The largest absolute Gasteiger partial charge is 0.364 e. The van der Waals surface area contributed by atoms with Crippen molar-refractivity contribution in [2.24, 2.45) is 0 Å². The van der Waals surface area contributed by atoms with E-state index < -0.39 is 5.69 Å². The molecule has 6 nitrogen and oxygen atoms in total. The molecule has 0 radical (unpaired) electrons. The Balaban J connectivity index is 1.60. The number of thiophene rings is 1. The zero-order valence-corrected chi connectivity index (χ0v) is 17.8. The third kappa shape index (κ3) is 4.37. The number of rotatable bonds is 6. The van der Waals surface area contributed by atoms with Crippen LogP contribution in [0.25, 0.3) is 10.9 Å². The van der Waals surface area contributed by atoms with Gasteiger partial charge in [0.25, 0.3) is 0 Å². The first-order valence-corrected chi connectivity index (χ1v) is 10.6. The van der Waals surface area contributed by atoms with Crippen molar-refractivity contribution in [1.29, 1.82) is 0 Å². The van der Waals surface area contributed by atoms with E-state index in [0.29, 0.717) is 28.6 Å². The highest BCUT2D eigenvalue weighted by Crippen LogP contribution is 2.22. The van der Waals surface area contributed by atoms with Crippen molar-refractivity contribution in [3.05, 3.63) is 85.9 Å². The molecule has 0 atom stereocenters. The van der Waals surface area contributed by atoms with Gasteiger partial charge in [-0.15, -0.1) is 11.3 Å². The molecule has 0 spiro atoms. The Morgan fingerprint density at radius 1 is 1.17 bits per heavy atom. The van der Waals surface area contributed by atoms with Gasteiger partial charge >= 0.3 is 5.69 Å². The number of hydrogen-bond acceptors (Lipinski definition) is 5. The fourth-order valence-corrected chi connectivity index (χ4v) is 3.94. The molecule has 4 aromatic rings. The van der Waals surface area contributed by atoms with Crippen LogP contribution in [-0.2, 0) is 17.9 Å². The number of para-hydroxylation sites is 1. The summed E-state index contributed by atoms with van der Waals surface area (Å²) in [6, 6.07) is 16.7. The molecule has 0 aliphatic heterocycles. The van der Waals surface area contributed by atoms with Gasteiger partial charge in [-0.3, -0.25) is 9.36 Å². The van der Waals surface area contributed by atoms with Crippen molar-refractivity contribution in [3.63, 3.8) is 0 Å². The van der Waals surface area contributed by atoms with Gasteiger partial charge < -0.3 is 10.6 Å². The Labute approximate surface area is 182 Å². The maximum atomic E-state index is 12.7. The lowest BCUT2D eigenvalue weighted by Crippen LogP contribution is -2.30. The number of carbonyl (C=O) groups excluding carboxylic acids is 1. The van der Waals surface area contributed by atoms with Gasteiger partial charge in [-0.25, -0.2) is 4.79 Å². The summed E-state index contributed by atoms with van der Waals surface area (Å²) >= 11 is 7.75. The zero-order valence-electron chi connectivity index (χ0n) is 16.2. The quantitative estimate of drug-likeness (QED) is 0.458. The number of nitrogens with one attached hydrogen (secondary N) is 2. The molecular weight excluding hydrogens is 420 g/mol. The monoisotopic (exact) mass is 438 g/mol. The number of halogens is 1. The number of anilines is 2. The number of amides is 1. The Hall–Kier alpha value is -3.16. The maximum absolute atomic E-state index is 12.7. The fourth-order valence-electron chi connectivity index (χ4n) is 3.11. The molecule has 0 aliphatic rings. The van der Waals surface area contributed by atoms with Crippen molar-refractivity contribution < 1.29 is 4.79 Å². The minimum atomic E-state index is -0.487. The van der Waals surface area contributed by atoms with E-state index in [-0.39, 0.29) is 12.5 Å². The molecule has 0 fully saturated rings. The SMILES string of the molecule is Cc1ccc(NC(=O)Cn2c(=O)nc(NCc3cccs3)c3ccccc32)cc1Cl. The van der Waals surface area contributed by atoms with Crippen LogP contribution in [0.3, 0.4) is 0 Å². The molecule has 1 amide bonds. The predicted molar refractivity (Wildman–Crippen MR) is 122 cm³/mol. The van der Waals surface area contributed by atoms with Crippen LogP contribution in [0, 0.1) is 6.92 Å². The van der Waals surface area contributed by atoms with Gasteiger partial charge in [-0.05, 0) is 48.2 Å². The van der Waals surface area contributed by atoms with E-state index >= 15 is 0 Å². The second-order valence-corrected chi connectivity index (χ2v) is 8.23. The summed E-state index contributed by atoms with van der Waals surface area (Å²) in [7, 11) is 0. The van der Waals surface area contributed by atoms with Crippen LogP contribution >= 0.6 is 22.9 Å². The summed E-state index contributed by atoms with van der Waals surface area (Å²) in [5, 5.41) is 9.36. The number of fused-ring (bicyclic) bond motifs is 1. The Bertz CT molecular complexity index is 1270. The van der Waals surface area contributed by atoms with Crippen LogP contribution in [0.4, 0.5) is 11.5 Å². The lowest BCUT2D eigenvalue weighted by Gasteiger charge is -2.14. The van der Waals surface area contributed by atoms with E-state index in [9.17, 15) is 9.59 Å². The molecule has 2 aromatic heterocycles. The third-order valence-corrected chi connectivity index (χ3v) is 5.94. The summed E-state index contributed by atoms with van der Waals surface area (Å²) in [5.41, 5.74) is 1.66. The molecule has 0 bridgehead atoms. The zero-order chi connectivity index (χ0) is 21.1. The van der Waals surface area contributed by atoms with Gasteiger partial charge in [0.15, 0.2) is 0 Å². The molecule has 2 aromatic carbocycles. The first-order valence-electron chi connectivity index (χ1n) is 9.33.